The summed E-state index contributed by atoms with van der Waals surface area (Å²) in [6.07, 6.45) is 3.08. The van der Waals surface area contributed by atoms with Crippen LogP contribution in [0.1, 0.15) is 11.1 Å². The Morgan fingerprint density at radius 2 is 2.05 bits per heavy atom. The summed E-state index contributed by atoms with van der Waals surface area (Å²) in [6.45, 7) is 1.78. The lowest BCUT2D eigenvalue weighted by molar-refractivity contribution is 0.594. The summed E-state index contributed by atoms with van der Waals surface area (Å²) >= 11 is 4.92. The van der Waals surface area contributed by atoms with Crippen molar-refractivity contribution < 1.29 is 8.42 Å². The van der Waals surface area contributed by atoms with Crippen LogP contribution >= 0.6 is 12.2 Å². The number of aromatic nitrogens is 1. The molecule has 0 saturated heterocycles. The lowest BCUT2D eigenvalue weighted by Crippen LogP contribution is -2.27. The molecule has 5 nitrogen and oxygen atoms in total. The molecule has 2 N–H and O–H groups in total. The number of pyridine rings is 1. The van der Waals surface area contributed by atoms with Crippen molar-refractivity contribution >= 4 is 32.9 Å². The van der Waals surface area contributed by atoms with E-state index in [2.05, 4.69) is 4.98 Å². The van der Waals surface area contributed by atoms with E-state index in [1.54, 1.807) is 37.4 Å². The van der Waals surface area contributed by atoms with Gasteiger partial charge in [-0.1, -0.05) is 18.3 Å². The van der Waals surface area contributed by atoms with Gasteiger partial charge >= 0.3 is 0 Å². The van der Waals surface area contributed by atoms with Crippen molar-refractivity contribution in [1.29, 1.82) is 0 Å². The van der Waals surface area contributed by atoms with E-state index in [0.717, 1.165) is 5.56 Å². The second kappa shape index (κ2) is 5.79. The van der Waals surface area contributed by atoms with Gasteiger partial charge in [0.25, 0.3) is 10.0 Å². The fraction of sp³-hybridized carbons (Fsp3) is 0.143. The average molecular weight is 321 g/mol. The Kier molecular flexibility index (Phi) is 4.24. The number of sulfonamides is 1. The summed E-state index contributed by atoms with van der Waals surface area (Å²) in [5, 5.41) is 0. The molecule has 1 heterocycles. The number of nitrogens with zero attached hydrogens (tertiary/aromatic N) is 2. The van der Waals surface area contributed by atoms with Crippen molar-refractivity contribution in [3.63, 3.8) is 0 Å². The maximum absolute atomic E-state index is 12.6. The number of thiocarbonyl (C=S) groups is 1. The molecule has 0 radical (unpaired) electrons. The maximum Gasteiger partial charge on any atom is 0.264 e. The van der Waals surface area contributed by atoms with E-state index >= 15 is 0 Å². The normalized spacial score (nSPS) is 11.1. The number of aryl methyl sites for hydroxylation is 1. The van der Waals surface area contributed by atoms with E-state index < -0.39 is 10.0 Å². The number of anilines is 1. The van der Waals surface area contributed by atoms with Crippen LogP contribution in [0.5, 0.6) is 0 Å². The third kappa shape index (κ3) is 3.03. The number of benzene rings is 1. The summed E-state index contributed by atoms with van der Waals surface area (Å²) in [6, 6.07) is 8.06. The second-order valence-corrected chi connectivity index (χ2v) is 6.93. The Labute approximate surface area is 129 Å². The molecule has 0 unspecified atom stereocenters. The lowest BCUT2D eigenvalue weighted by Gasteiger charge is -2.19. The van der Waals surface area contributed by atoms with Crippen LogP contribution in [-0.4, -0.2) is 25.4 Å². The van der Waals surface area contributed by atoms with E-state index in [-0.39, 0.29) is 9.88 Å². The van der Waals surface area contributed by atoms with E-state index in [4.69, 9.17) is 18.0 Å². The highest BCUT2D eigenvalue weighted by atomic mass is 32.2. The van der Waals surface area contributed by atoms with Gasteiger partial charge in [0.05, 0.1) is 16.8 Å². The van der Waals surface area contributed by atoms with Crippen LogP contribution in [0.25, 0.3) is 0 Å². The lowest BCUT2D eigenvalue weighted by atomic mass is 10.1. The molecule has 0 bridgehead atoms. The molecule has 0 aliphatic rings. The van der Waals surface area contributed by atoms with Gasteiger partial charge in [0.15, 0.2) is 0 Å². The van der Waals surface area contributed by atoms with Crippen LogP contribution in [0, 0.1) is 6.92 Å². The zero-order chi connectivity index (χ0) is 15.6. The highest BCUT2D eigenvalue weighted by Crippen LogP contribution is 2.22. The second-order valence-electron chi connectivity index (χ2n) is 4.52. The number of hydrogen-bond donors (Lipinski definition) is 1. The van der Waals surface area contributed by atoms with Crippen molar-refractivity contribution in [2.75, 3.05) is 11.4 Å². The number of hydrogen-bond acceptors (Lipinski definition) is 4. The minimum absolute atomic E-state index is 0.186. The third-order valence-corrected chi connectivity index (χ3v) is 5.13. The Hall–Kier alpha value is -1.99. The molecule has 0 saturated carbocycles. The topological polar surface area (TPSA) is 76.3 Å². The predicted molar refractivity (Wildman–Crippen MR) is 86.9 cm³/mol. The number of nitrogens with two attached hydrogens (primary N) is 1. The van der Waals surface area contributed by atoms with E-state index in [1.165, 1.54) is 23.6 Å². The first-order chi connectivity index (χ1) is 9.84. The van der Waals surface area contributed by atoms with Crippen molar-refractivity contribution in [3.05, 3.63) is 53.9 Å². The van der Waals surface area contributed by atoms with Gasteiger partial charge in [-0.25, -0.2) is 8.42 Å². The molecule has 0 spiro atoms. The van der Waals surface area contributed by atoms with Crippen molar-refractivity contribution in [2.24, 2.45) is 5.73 Å². The zero-order valence-corrected chi connectivity index (χ0v) is 13.3. The molecule has 110 valence electrons. The molecule has 21 heavy (non-hydrogen) atoms. The molecular formula is C14H15N3O2S2. The first-order valence-electron chi connectivity index (χ1n) is 6.13. The van der Waals surface area contributed by atoms with E-state index in [9.17, 15) is 8.42 Å². The summed E-state index contributed by atoms with van der Waals surface area (Å²) < 4.78 is 26.4. The zero-order valence-electron chi connectivity index (χ0n) is 11.6. The molecule has 7 heteroatoms. The standard InChI is InChI=1S/C14H15N3O2S2/c1-10-8-12(5-6-13(10)14(15)20)21(18,19)17(2)11-4-3-7-16-9-11/h3-9H,1-2H3,(H2,15,20). The van der Waals surface area contributed by atoms with Crippen LogP contribution in [0.15, 0.2) is 47.6 Å². The molecule has 2 aromatic rings. The Bertz CT molecular complexity index is 774. The maximum atomic E-state index is 12.6. The molecule has 0 aliphatic heterocycles. The quantitative estimate of drug-likeness (QED) is 0.870. The Morgan fingerprint density at radius 1 is 1.33 bits per heavy atom. The predicted octanol–water partition coefficient (Wildman–Crippen LogP) is 1.85. The summed E-state index contributed by atoms with van der Waals surface area (Å²) in [7, 11) is -2.16. The van der Waals surface area contributed by atoms with Crippen LogP contribution in [0.3, 0.4) is 0 Å². The van der Waals surface area contributed by atoms with Gasteiger partial charge < -0.3 is 5.73 Å². The highest BCUT2D eigenvalue weighted by Gasteiger charge is 2.22. The first-order valence-corrected chi connectivity index (χ1v) is 7.98. The van der Waals surface area contributed by atoms with Gasteiger partial charge in [0.1, 0.15) is 4.99 Å². The molecule has 1 aromatic heterocycles. The molecule has 0 amide bonds. The van der Waals surface area contributed by atoms with Gasteiger partial charge in [-0.2, -0.15) is 0 Å². The van der Waals surface area contributed by atoms with Crippen molar-refractivity contribution in [1.82, 2.24) is 4.98 Å². The fourth-order valence-electron chi connectivity index (χ4n) is 1.91. The highest BCUT2D eigenvalue weighted by molar-refractivity contribution is 7.92. The average Bonchev–Trinajstić information content (AvgIpc) is 2.46. The van der Waals surface area contributed by atoms with Gasteiger partial charge in [0, 0.05) is 18.8 Å². The van der Waals surface area contributed by atoms with Gasteiger partial charge in [-0.05, 0) is 36.8 Å². The van der Waals surface area contributed by atoms with Gasteiger partial charge in [0.2, 0.25) is 0 Å². The Morgan fingerprint density at radius 3 is 2.57 bits per heavy atom. The SMILES string of the molecule is Cc1cc(S(=O)(=O)N(C)c2cccnc2)ccc1C(N)=S. The fourth-order valence-corrected chi connectivity index (χ4v) is 3.41. The van der Waals surface area contributed by atoms with Crippen molar-refractivity contribution in [3.8, 4) is 0 Å². The van der Waals surface area contributed by atoms with Crippen LogP contribution in [0.2, 0.25) is 0 Å². The number of rotatable bonds is 4. The minimum atomic E-state index is -3.65. The van der Waals surface area contributed by atoms with Crippen LogP contribution in [-0.2, 0) is 10.0 Å². The molecule has 0 atom stereocenters. The summed E-state index contributed by atoms with van der Waals surface area (Å²) in [5.74, 6) is 0. The molecule has 0 aliphatic carbocycles. The largest absolute Gasteiger partial charge is 0.389 e. The van der Waals surface area contributed by atoms with E-state index in [0.29, 0.717) is 11.3 Å². The van der Waals surface area contributed by atoms with Gasteiger partial charge in [-0.15, -0.1) is 0 Å². The van der Waals surface area contributed by atoms with E-state index in [1.807, 2.05) is 0 Å². The van der Waals surface area contributed by atoms with Crippen molar-refractivity contribution in [2.45, 2.75) is 11.8 Å². The van der Waals surface area contributed by atoms with Gasteiger partial charge in [-0.3, -0.25) is 9.29 Å². The van der Waals surface area contributed by atoms with Crippen LogP contribution < -0.4 is 10.0 Å². The van der Waals surface area contributed by atoms with Crippen LogP contribution in [0.4, 0.5) is 5.69 Å². The Balaban J connectivity index is 2.45. The monoisotopic (exact) mass is 321 g/mol. The summed E-state index contributed by atoms with van der Waals surface area (Å²) in [5.41, 5.74) is 7.48. The molecule has 2 rings (SSSR count). The minimum Gasteiger partial charge on any atom is -0.389 e. The third-order valence-electron chi connectivity index (χ3n) is 3.13. The molecular weight excluding hydrogens is 306 g/mol. The smallest absolute Gasteiger partial charge is 0.264 e. The molecule has 1 aromatic carbocycles. The molecule has 0 fully saturated rings. The first kappa shape index (κ1) is 15.4. The summed E-state index contributed by atoms with van der Waals surface area (Å²) in [4.78, 5) is 4.36.